The molecule has 0 saturated heterocycles. The molecule has 3 nitrogen and oxygen atoms in total. The van der Waals surface area contributed by atoms with E-state index in [0.717, 1.165) is 18.0 Å². The first-order valence-corrected chi connectivity index (χ1v) is 8.47. The fourth-order valence-electron chi connectivity index (χ4n) is 2.76. The van der Waals surface area contributed by atoms with E-state index in [1.807, 2.05) is 36.4 Å². The molecule has 0 radical (unpaired) electrons. The maximum Gasteiger partial charge on any atom is 0.119 e. The Hall–Kier alpha value is -2.78. The number of ether oxygens (including phenoxy) is 2. The summed E-state index contributed by atoms with van der Waals surface area (Å²) in [5, 5.41) is 3.60. The van der Waals surface area contributed by atoms with Gasteiger partial charge in [-0.25, -0.2) is 0 Å². The molecule has 3 aromatic carbocycles. The van der Waals surface area contributed by atoms with Crippen LogP contribution in [0.4, 0.5) is 0 Å². The minimum absolute atomic E-state index is 0.155. The first-order chi connectivity index (χ1) is 12.4. The molecule has 0 spiro atoms. The first kappa shape index (κ1) is 17.1. The molecule has 128 valence electrons. The van der Waals surface area contributed by atoms with Gasteiger partial charge in [0.25, 0.3) is 0 Å². The van der Waals surface area contributed by atoms with Gasteiger partial charge < -0.3 is 14.8 Å². The van der Waals surface area contributed by atoms with Gasteiger partial charge in [-0.05, 0) is 35.4 Å². The van der Waals surface area contributed by atoms with E-state index < -0.39 is 0 Å². The lowest BCUT2D eigenvalue weighted by molar-refractivity contribution is 0.309. The van der Waals surface area contributed by atoms with Crippen LogP contribution >= 0.6 is 0 Å². The molecule has 1 N–H and O–H groups in total. The van der Waals surface area contributed by atoms with E-state index in [1.165, 1.54) is 11.1 Å². The van der Waals surface area contributed by atoms with Crippen LogP contribution in [-0.4, -0.2) is 20.3 Å². The van der Waals surface area contributed by atoms with Crippen molar-refractivity contribution in [2.75, 3.05) is 20.3 Å². The van der Waals surface area contributed by atoms with Crippen LogP contribution in [0.5, 0.6) is 11.5 Å². The third-order valence-corrected chi connectivity index (χ3v) is 4.04. The van der Waals surface area contributed by atoms with Crippen molar-refractivity contribution in [2.24, 2.45) is 0 Å². The second kappa shape index (κ2) is 8.90. The van der Waals surface area contributed by atoms with Crippen LogP contribution < -0.4 is 14.8 Å². The van der Waals surface area contributed by atoms with Crippen LogP contribution in [0.3, 0.4) is 0 Å². The fourth-order valence-corrected chi connectivity index (χ4v) is 2.76. The number of methoxy groups -OCH3 is 1. The van der Waals surface area contributed by atoms with Gasteiger partial charge in [0, 0.05) is 6.54 Å². The minimum atomic E-state index is 0.155. The number of rotatable bonds is 8. The van der Waals surface area contributed by atoms with Crippen molar-refractivity contribution in [3.05, 3.63) is 96.1 Å². The second-order valence-electron chi connectivity index (χ2n) is 5.73. The lowest BCUT2D eigenvalue weighted by atomic mass is 9.99. The molecule has 3 heteroatoms. The Balaban J connectivity index is 1.59. The van der Waals surface area contributed by atoms with E-state index in [9.17, 15) is 0 Å². The van der Waals surface area contributed by atoms with Crippen molar-refractivity contribution in [2.45, 2.75) is 6.04 Å². The predicted octanol–water partition coefficient (Wildman–Crippen LogP) is 4.45. The van der Waals surface area contributed by atoms with Crippen LogP contribution in [0, 0.1) is 0 Å². The van der Waals surface area contributed by atoms with Gasteiger partial charge in [-0.1, -0.05) is 60.7 Å². The van der Waals surface area contributed by atoms with E-state index >= 15 is 0 Å². The summed E-state index contributed by atoms with van der Waals surface area (Å²) in [4.78, 5) is 0. The van der Waals surface area contributed by atoms with E-state index in [2.05, 4.69) is 53.8 Å². The molecule has 0 aliphatic heterocycles. The van der Waals surface area contributed by atoms with Gasteiger partial charge in [0.2, 0.25) is 0 Å². The number of nitrogens with one attached hydrogen (secondary N) is 1. The van der Waals surface area contributed by atoms with Crippen LogP contribution in [-0.2, 0) is 0 Å². The fraction of sp³-hybridized carbons (Fsp3) is 0.182. The van der Waals surface area contributed by atoms with Crippen molar-refractivity contribution in [3.63, 3.8) is 0 Å². The molecule has 25 heavy (non-hydrogen) atoms. The summed E-state index contributed by atoms with van der Waals surface area (Å²) in [6, 6.07) is 28.8. The summed E-state index contributed by atoms with van der Waals surface area (Å²) in [5.41, 5.74) is 2.50. The molecule has 0 bridgehead atoms. The zero-order valence-electron chi connectivity index (χ0n) is 14.4. The Kier molecular flexibility index (Phi) is 6.07. The first-order valence-electron chi connectivity index (χ1n) is 8.47. The Morgan fingerprint density at radius 2 is 1.24 bits per heavy atom. The van der Waals surface area contributed by atoms with Crippen LogP contribution in [0.25, 0.3) is 0 Å². The molecular formula is C22H23NO2. The molecule has 0 aromatic heterocycles. The van der Waals surface area contributed by atoms with Crippen molar-refractivity contribution in [1.82, 2.24) is 5.32 Å². The molecule has 3 aromatic rings. The highest BCUT2D eigenvalue weighted by atomic mass is 16.5. The summed E-state index contributed by atoms with van der Waals surface area (Å²) in [7, 11) is 1.66. The average molecular weight is 333 g/mol. The number of hydrogen-bond donors (Lipinski definition) is 1. The van der Waals surface area contributed by atoms with E-state index in [0.29, 0.717) is 6.61 Å². The number of hydrogen-bond acceptors (Lipinski definition) is 3. The lowest BCUT2D eigenvalue weighted by Gasteiger charge is -2.20. The van der Waals surface area contributed by atoms with Gasteiger partial charge in [0.15, 0.2) is 0 Å². The van der Waals surface area contributed by atoms with Gasteiger partial charge >= 0.3 is 0 Å². The molecule has 0 aliphatic rings. The average Bonchev–Trinajstić information content (AvgIpc) is 2.70. The Bertz CT molecular complexity index is 703. The maximum atomic E-state index is 5.81. The molecule has 3 rings (SSSR count). The van der Waals surface area contributed by atoms with Gasteiger partial charge in [-0.15, -0.1) is 0 Å². The highest BCUT2D eigenvalue weighted by molar-refractivity contribution is 5.32. The van der Waals surface area contributed by atoms with Gasteiger partial charge in [-0.2, -0.15) is 0 Å². The van der Waals surface area contributed by atoms with Gasteiger partial charge in [-0.3, -0.25) is 0 Å². The monoisotopic (exact) mass is 333 g/mol. The van der Waals surface area contributed by atoms with Crippen molar-refractivity contribution < 1.29 is 9.47 Å². The lowest BCUT2D eigenvalue weighted by Crippen LogP contribution is -2.27. The molecule has 0 saturated carbocycles. The second-order valence-corrected chi connectivity index (χ2v) is 5.73. The summed E-state index contributed by atoms with van der Waals surface area (Å²) in [6.45, 7) is 1.35. The molecular weight excluding hydrogens is 310 g/mol. The summed E-state index contributed by atoms with van der Waals surface area (Å²) >= 11 is 0. The smallest absolute Gasteiger partial charge is 0.119 e. The van der Waals surface area contributed by atoms with Crippen molar-refractivity contribution in [1.29, 1.82) is 0 Å². The molecule has 0 aliphatic carbocycles. The highest BCUT2D eigenvalue weighted by Gasteiger charge is 2.12. The number of benzene rings is 3. The van der Waals surface area contributed by atoms with E-state index in [-0.39, 0.29) is 6.04 Å². The highest BCUT2D eigenvalue weighted by Crippen LogP contribution is 2.21. The molecule has 0 heterocycles. The van der Waals surface area contributed by atoms with Gasteiger partial charge in [0.1, 0.15) is 18.1 Å². The van der Waals surface area contributed by atoms with Crippen molar-refractivity contribution >= 4 is 0 Å². The van der Waals surface area contributed by atoms with Crippen molar-refractivity contribution in [3.8, 4) is 11.5 Å². The quantitative estimate of drug-likeness (QED) is 0.618. The van der Waals surface area contributed by atoms with Crippen LogP contribution in [0.2, 0.25) is 0 Å². The van der Waals surface area contributed by atoms with Crippen LogP contribution in [0.1, 0.15) is 17.2 Å². The third-order valence-electron chi connectivity index (χ3n) is 4.04. The molecule has 0 unspecified atom stereocenters. The molecule has 0 atom stereocenters. The Morgan fingerprint density at radius 3 is 1.76 bits per heavy atom. The normalized spacial score (nSPS) is 10.6. The molecule has 0 amide bonds. The Labute approximate surface area is 149 Å². The largest absolute Gasteiger partial charge is 0.497 e. The molecule has 0 fully saturated rings. The van der Waals surface area contributed by atoms with E-state index in [4.69, 9.17) is 9.47 Å². The zero-order valence-corrected chi connectivity index (χ0v) is 14.4. The summed E-state index contributed by atoms with van der Waals surface area (Å²) in [5.74, 6) is 1.68. The van der Waals surface area contributed by atoms with E-state index in [1.54, 1.807) is 7.11 Å². The van der Waals surface area contributed by atoms with Gasteiger partial charge in [0.05, 0.1) is 13.2 Å². The SMILES string of the molecule is COc1ccc(OCCNC(c2ccccc2)c2ccccc2)cc1. The van der Waals surface area contributed by atoms with Crippen LogP contribution in [0.15, 0.2) is 84.9 Å². The topological polar surface area (TPSA) is 30.5 Å². The summed E-state index contributed by atoms with van der Waals surface area (Å²) < 4.78 is 11.0. The maximum absolute atomic E-state index is 5.81. The standard InChI is InChI=1S/C22H23NO2/c1-24-20-12-14-21(15-13-20)25-17-16-23-22(18-8-4-2-5-9-18)19-10-6-3-7-11-19/h2-15,22-23H,16-17H2,1H3. The third kappa shape index (κ3) is 4.85. The summed E-state index contributed by atoms with van der Waals surface area (Å²) in [6.07, 6.45) is 0. The predicted molar refractivity (Wildman–Crippen MR) is 101 cm³/mol. The minimum Gasteiger partial charge on any atom is -0.497 e. The zero-order chi connectivity index (χ0) is 17.3. The Morgan fingerprint density at radius 1 is 0.720 bits per heavy atom.